The van der Waals surface area contributed by atoms with Crippen LogP contribution in [0, 0.1) is 11.8 Å². The van der Waals surface area contributed by atoms with Crippen LogP contribution in [0.15, 0.2) is 0 Å². The lowest BCUT2D eigenvalue weighted by Gasteiger charge is -2.24. The molecule has 7 nitrogen and oxygen atoms in total. The zero-order valence-corrected chi connectivity index (χ0v) is 39.2. The summed E-state index contributed by atoms with van der Waals surface area (Å²) < 4.78 is 11.9. The lowest BCUT2D eigenvalue weighted by atomic mass is 9.94. The third kappa shape index (κ3) is 36.0. The third-order valence-electron chi connectivity index (χ3n) is 11.9. The molecule has 0 aromatic rings. The number of hydrogen-bond donors (Lipinski definition) is 0. The van der Waals surface area contributed by atoms with E-state index in [0.29, 0.717) is 19.5 Å². The zero-order chi connectivity index (χ0) is 42.0. The Morgan fingerprint density at radius 1 is 0.386 bits per heavy atom. The van der Waals surface area contributed by atoms with Gasteiger partial charge in [-0.2, -0.15) is 0 Å². The van der Waals surface area contributed by atoms with Crippen molar-refractivity contribution in [1.29, 1.82) is 0 Å². The average molecular weight is 807 g/mol. The number of rotatable bonds is 44. The maximum absolute atomic E-state index is 13.5. The second-order valence-corrected chi connectivity index (χ2v) is 17.7. The molecule has 0 bridgehead atoms. The van der Waals surface area contributed by atoms with Crippen molar-refractivity contribution in [2.45, 2.75) is 246 Å². The predicted octanol–water partition coefficient (Wildman–Crippen LogP) is 14.0. The first-order chi connectivity index (χ1) is 27.8. The molecule has 0 fully saturated rings. The Balaban J connectivity index is 5.27. The van der Waals surface area contributed by atoms with E-state index in [1.54, 1.807) is 4.90 Å². The first-order valence-corrected chi connectivity index (χ1v) is 25.1. The van der Waals surface area contributed by atoms with Crippen molar-refractivity contribution in [1.82, 2.24) is 9.80 Å². The molecule has 0 aliphatic heterocycles. The highest BCUT2D eigenvalue weighted by Gasteiger charge is 2.23. The predicted molar refractivity (Wildman–Crippen MR) is 244 cm³/mol. The highest BCUT2D eigenvalue weighted by molar-refractivity contribution is 5.76. The lowest BCUT2D eigenvalue weighted by molar-refractivity contribution is -0.152. The fourth-order valence-corrected chi connectivity index (χ4v) is 7.97. The molecule has 57 heavy (non-hydrogen) atoms. The monoisotopic (exact) mass is 807 g/mol. The molecule has 0 aliphatic carbocycles. The van der Waals surface area contributed by atoms with Crippen molar-refractivity contribution >= 4 is 17.8 Å². The van der Waals surface area contributed by atoms with Gasteiger partial charge in [-0.15, -0.1) is 0 Å². The minimum Gasteiger partial charge on any atom is -0.464 e. The van der Waals surface area contributed by atoms with E-state index in [0.717, 1.165) is 64.3 Å². The van der Waals surface area contributed by atoms with Crippen molar-refractivity contribution in [3.63, 3.8) is 0 Å². The van der Waals surface area contributed by atoms with E-state index in [-0.39, 0.29) is 42.9 Å². The minimum absolute atomic E-state index is 0.0364. The van der Waals surface area contributed by atoms with Gasteiger partial charge in [0.25, 0.3) is 0 Å². The van der Waals surface area contributed by atoms with Gasteiger partial charge >= 0.3 is 11.9 Å². The smallest absolute Gasteiger partial charge is 0.308 e. The van der Waals surface area contributed by atoms with E-state index in [1.165, 1.54) is 154 Å². The summed E-state index contributed by atoms with van der Waals surface area (Å²) in [5, 5.41) is 0. The van der Waals surface area contributed by atoms with Crippen LogP contribution in [0.1, 0.15) is 246 Å². The summed E-state index contributed by atoms with van der Waals surface area (Å²) in [6.07, 6.45) is 39.4. The first kappa shape index (κ1) is 55.4. The van der Waals surface area contributed by atoms with Crippen LogP contribution in [-0.2, 0) is 23.9 Å². The zero-order valence-electron chi connectivity index (χ0n) is 39.2. The molecule has 7 heteroatoms. The number of ether oxygens (including phenoxy) is 2. The molecule has 338 valence electrons. The van der Waals surface area contributed by atoms with E-state index in [2.05, 4.69) is 32.6 Å². The maximum atomic E-state index is 13.5. The quantitative estimate of drug-likeness (QED) is 0.0451. The second kappa shape index (κ2) is 42.5. The molecule has 1 amide bonds. The first-order valence-electron chi connectivity index (χ1n) is 25.1. The highest BCUT2D eigenvalue weighted by Crippen LogP contribution is 2.23. The average Bonchev–Trinajstić information content (AvgIpc) is 3.19. The van der Waals surface area contributed by atoms with Crippen molar-refractivity contribution in [2.75, 3.05) is 46.9 Å². The van der Waals surface area contributed by atoms with Gasteiger partial charge in [-0.25, -0.2) is 0 Å². The molecule has 0 aromatic heterocycles. The third-order valence-corrected chi connectivity index (χ3v) is 11.9. The van der Waals surface area contributed by atoms with Crippen molar-refractivity contribution in [2.24, 2.45) is 11.8 Å². The Bertz CT molecular complexity index is 802. The molecule has 0 saturated heterocycles. The van der Waals surface area contributed by atoms with Gasteiger partial charge in [-0.05, 0) is 52.7 Å². The molecule has 0 atom stereocenters. The summed E-state index contributed by atoms with van der Waals surface area (Å²) in [6.45, 7) is 10.9. The van der Waals surface area contributed by atoms with E-state index < -0.39 is 0 Å². The maximum Gasteiger partial charge on any atom is 0.308 e. The molecule has 0 heterocycles. The fraction of sp³-hybridized carbons (Fsp3) is 0.940. The van der Waals surface area contributed by atoms with Crippen LogP contribution in [-0.4, -0.2) is 74.6 Å². The van der Waals surface area contributed by atoms with Crippen LogP contribution in [0.4, 0.5) is 0 Å². The summed E-state index contributed by atoms with van der Waals surface area (Å²) in [5.41, 5.74) is 0. The van der Waals surface area contributed by atoms with Gasteiger partial charge < -0.3 is 19.3 Å². The molecule has 0 saturated carbocycles. The van der Waals surface area contributed by atoms with Gasteiger partial charge in [-0.3, -0.25) is 14.4 Å². The van der Waals surface area contributed by atoms with Crippen molar-refractivity contribution < 1.29 is 23.9 Å². The molecule has 0 radical (unpaired) electrons. The standard InChI is InChI=1S/C50H98N2O5/c1-7-11-15-19-23-27-31-36-46(37-32-28-24-20-16-12-8-2)49(54)56-44-42-52(48(53)40-35-41-51(5)6)43-45-57-50(55)47(38-33-29-25-21-17-13-9-3)39-34-30-26-22-18-14-10-4/h46-47H,7-45H2,1-6H3. The SMILES string of the molecule is CCCCCCCCCC(CCCCCCCCC)C(=O)OCCN(CCOC(=O)C(CCCCCCCCC)CCCCCCCCC)C(=O)CCCN(C)C. The van der Waals surface area contributed by atoms with Crippen LogP contribution < -0.4 is 0 Å². The minimum atomic E-state index is -0.100. The van der Waals surface area contributed by atoms with Gasteiger partial charge in [0.15, 0.2) is 0 Å². The number of unbranched alkanes of at least 4 members (excludes halogenated alkanes) is 24. The van der Waals surface area contributed by atoms with E-state index in [4.69, 9.17) is 9.47 Å². The number of carbonyl (C=O) groups excluding carboxylic acids is 3. The van der Waals surface area contributed by atoms with Crippen molar-refractivity contribution in [3.8, 4) is 0 Å². The lowest BCUT2D eigenvalue weighted by Crippen LogP contribution is -2.38. The Hall–Kier alpha value is -1.63. The second-order valence-electron chi connectivity index (χ2n) is 17.7. The van der Waals surface area contributed by atoms with Gasteiger partial charge in [0.1, 0.15) is 13.2 Å². The van der Waals surface area contributed by atoms with Gasteiger partial charge in [0.05, 0.1) is 24.9 Å². The topological polar surface area (TPSA) is 76.1 Å². The van der Waals surface area contributed by atoms with Crippen LogP contribution in [0.5, 0.6) is 0 Å². The van der Waals surface area contributed by atoms with Crippen LogP contribution in [0.2, 0.25) is 0 Å². The number of carbonyl (C=O) groups is 3. The highest BCUT2D eigenvalue weighted by atomic mass is 16.5. The van der Waals surface area contributed by atoms with Crippen LogP contribution in [0.3, 0.4) is 0 Å². The summed E-state index contributed by atoms with van der Waals surface area (Å²) in [6, 6.07) is 0. The normalized spacial score (nSPS) is 11.6. The van der Waals surface area contributed by atoms with E-state index in [1.807, 2.05) is 14.1 Å². The number of hydrogen-bond acceptors (Lipinski definition) is 6. The van der Waals surface area contributed by atoms with Crippen LogP contribution in [0.25, 0.3) is 0 Å². The number of amides is 1. The summed E-state index contributed by atoms with van der Waals surface area (Å²) in [4.78, 5) is 44.3. The van der Waals surface area contributed by atoms with Crippen molar-refractivity contribution in [3.05, 3.63) is 0 Å². The Morgan fingerprint density at radius 3 is 0.947 bits per heavy atom. The summed E-state index contributed by atoms with van der Waals surface area (Å²) in [5.74, 6) is -0.291. The van der Waals surface area contributed by atoms with E-state index in [9.17, 15) is 14.4 Å². The number of nitrogens with zero attached hydrogens (tertiary/aromatic N) is 2. The van der Waals surface area contributed by atoms with Gasteiger partial charge in [0, 0.05) is 6.42 Å². The Morgan fingerprint density at radius 2 is 0.667 bits per heavy atom. The number of esters is 2. The van der Waals surface area contributed by atoms with Gasteiger partial charge in [0.2, 0.25) is 5.91 Å². The molecule has 0 rings (SSSR count). The van der Waals surface area contributed by atoms with Gasteiger partial charge in [-0.1, -0.05) is 207 Å². The summed E-state index contributed by atoms with van der Waals surface area (Å²) >= 11 is 0. The summed E-state index contributed by atoms with van der Waals surface area (Å²) in [7, 11) is 4.04. The molecular formula is C50H98N2O5. The molecule has 0 aliphatic rings. The van der Waals surface area contributed by atoms with Crippen LogP contribution >= 0.6 is 0 Å². The molecule has 0 unspecified atom stereocenters. The molecular weight excluding hydrogens is 709 g/mol. The molecule has 0 spiro atoms. The fourth-order valence-electron chi connectivity index (χ4n) is 7.97. The Kier molecular flexibility index (Phi) is 41.3. The molecule has 0 N–H and O–H groups in total. The largest absolute Gasteiger partial charge is 0.464 e. The Labute approximate surface area is 355 Å². The molecule has 0 aromatic carbocycles. The van der Waals surface area contributed by atoms with E-state index >= 15 is 0 Å².